The topological polar surface area (TPSA) is 17.1 Å². The minimum absolute atomic E-state index is 0.0680. The van der Waals surface area contributed by atoms with E-state index in [1.54, 1.807) is 18.2 Å². The van der Waals surface area contributed by atoms with E-state index in [1.165, 1.54) is 6.07 Å². The van der Waals surface area contributed by atoms with Gasteiger partial charge in [0, 0.05) is 6.42 Å². The molecule has 0 aromatic heterocycles. The highest BCUT2D eigenvalue weighted by atomic mass is 35.5. The van der Waals surface area contributed by atoms with Gasteiger partial charge in [-0.2, -0.15) is 0 Å². The van der Waals surface area contributed by atoms with Crippen molar-refractivity contribution in [2.45, 2.75) is 17.2 Å². The Labute approximate surface area is 97.2 Å². The van der Waals surface area contributed by atoms with E-state index >= 15 is 0 Å². The van der Waals surface area contributed by atoms with Crippen molar-refractivity contribution in [2.75, 3.05) is 0 Å². The van der Waals surface area contributed by atoms with Crippen molar-refractivity contribution in [3.05, 3.63) is 35.6 Å². The molecule has 1 aromatic rings. The van der Waals surface area contributed by atoms with E-state index in [0.29, 0.717) is 12.0 Å². The van der Waals surface area contributed by atoms with Crippen molar-refractivity contribution in [1.29, 1.82) is 0 Å². The van der Waals surface area contributed by atoms with Crippen LogP contribution in [0.2, 0.25) is 0 Å². The van der Waals surface area contributed by atoms with Crippen LogP contribution in [0, 0.1) is 11.7 Å². The molecule has 1 fully saturated rings. The second-order valence-corrected chi connectivity index (χ2v) is 5.29. The third-order valence-corrected chi connectivity index (χ3v) is 3.37. The molecule has 0 amide bonds. The van der Waals surface area contributed by atoms with Gasteiger partial charge in [-0.1, -0.05) is 18.2 Å². The summed E-state index contributed by atoms with van der Waals surface area (Å²) in [5, 5.41) is 0. The van der Waals surface area contributed by atoms with Crippen LogP contribution >= 0.6 is 23.2 Å². The molecule has 0 spiro atoms. The van der Waals surface area contributed by atoms with Gasteiger partial charge >= 0.3 is 0 Å². The van der Waals surface area contributed by atoms with Crippen molar-refractivity contribution < 1.29 is 9.18 Å². The summed E-state index contributed by atoms with van der Waals surface area (Å²) in [6.45, 7) is 0. The molecular formula is C11H9Cl2FO. The molecule has 2 rings (SSSR count). The zero-order chi connectivity index (χ0) is 11.1. The lowest BCUT2D eigenvalue weighted by molar-refractivity contribution is -0.119. The first-order valence-electron chi connectivity index (χ1n) is 4.64. The molecule has 1 aliphatic carbocycles. The molecule has 1 unspecified atom stereocenters. The molecule has 1 aliphatic rings. The van der Waals surface area contributed by atoms with Crippen LogP contribution in [-0.2, 0) is 11.2 Å². The van der Waals surface area contributed by atoms with Crippen molar-refractivity contribution in [2.24, 2.45) is 5.92 Å². The molecule has 80 valence electrons. The van der Waals surface area contributed by atoms with Crippen molar-refractivity contribution >= 4 is 29.0 Å². The predicted octanol–water partition coefficient (Wildman–Crippen LogP) is 3.13. The van der Waals surface area contributed by atoms with E-state index in [0.717, 1.165) is 0 Å². The maximum atomic E-state index is 13.2. The highest BCUT2D eigenvalue weighted by molar-refractivity contribution is 6.52. The third-order valence-electron chi connectivity index (χ3n) is 2.54. The fourth-order valence-corrected chi connectivity index (χ4v) is 2.07. The molecule has 0 heterocycles. The van der Waals surface area contributed by atoms with Crippen LogP contribution in [0.5, 0.6) is 0 Å². The van der Waals surface area contributed by atoms with Gasteiger partial charge in [0.15, 0.2) is 0 Å². The fraction of sp³-hybridized carbons (Fsp3) is 0.364. The van der Waals surface area contributed by atoms with Crippen LogP contribution in [0.1, 0.15) is 12.0 Å². The normalized spacial score (nSPS) is 22.5. The van der Waals surface area contributed by atoms with E-state index in [1.807, 2.05) is 0 Å². The average molecular weight is 247 g/mol. The second kappa shape index (κ2) is 3.76. The summed E-state index contributed by atoms with van der Waals surface area (Å²) in [7, 11) is 0. The fourth-order valence-electron chi connectivity index (χ4n) is 1.52. The van der Waals surface area contributed by atoms with E-state index in [-0.39, 0.29) is 23.9 Å². The van der Waals surface area contributed by atoms with Gasteiger partial charge in [0.05, 0.1) is 5.92 Å². The Morgan fingerprint density at radius 2 is 2.07 bits per heavy atom. The summed E-state index contributed by atoms with van der Waals surface area (Å²) in [5.41, 5.74) is 0.401. The van der Waals surface area contributed by atoms with Crippen LogP contribution in [0.4, 0.5) is 4.39 Å². The molecule has 0 bridgehead atoms. The van der Waals surface area contributed by atoms with Crippen molar-refractivity contribution in [3.63, 3.8) is 0 Å². The monoisotopic (exact) mass is 246 g/mol. The summed E-state index contributed by atoms with van der Waals surface area (Å²) in [5.74, 6) is -0.785. The SMILES string of the molecule is O=C(Cc1ccccc1F)C1CC1(Cl)Cl. The first-order valence-corrected chi connectivity index (χ1v) is 5.40. The maximum Gasteiger partial charge on any atom is 0.143 e. The van der Waals surface area contributed by atoms with E-state index in [9.17, 15) is 9.18 Å². The highest BCUT2D eigenvalue weighted by Gasteiger charge is 2.55. The first kappa shape index (κ1) is 10.9. The van der Waals surface area contributed by atoms with Crippen LogP contribution in [-0.4, -0.2) is 10.1 Å². The van der Waals surface area contributed by atoms with E-state index in [2.05, 4.69) is 0 Å². The minimum atomic E-state index is -0.914. The number of halogens is 3. The number of rotatable bonds is 3. The molecular weight excluding hydrogens is 238 g/mol. The first-order chi connectivity index (χ1) is 7.00. The van der Waals surface area contributed by atoms with Crippen LogP contribution < -0.4 is 0 Å². The molecule has 0 radical (unpaired) electrons. The lowest BCUT2D eigenvalue weighted by Crippen LogP contribution is -2.10. The Bertz CT molecular complexity index is 403. The van der Waals surface area contributed by atoms with Crippen molar-refractivity contribution in [1.82, 2.24) is 0 Å². The van der Waals surface area contributed by atoms with Gasteiger partial charge in [-0.15, -0.1) is 23.2 Å². The molecule has 0 aliphatic heterocycles. The Balaban J connectivity index is 2.05. The predicted molar refractivity (Wildman–Crippen MR) is 57.7 cm³/mol. The van der Waals surface area contributed by atoms with Gasteiger partial charge in [-0.3, -0.25) is 4.79 Å². The number of Topliss-reactive ketones (excluding diaryl/α,β-unsaturated/α-hetero) is 1. The lowest BCUT2D eigenvalue weighted by atomic mass is 10.1. The zero-order valence-electron chi connectivity index (χ0n) is 7.84. The summed E-state index contributed by atoms with van der Waals surface area (Å²) in [6.07, 6.45) is 0.544. The number of alkyl halides is 2. The van der Waals surface area contributed by atoms with Gasteiger partial charge in [0.2, 0.25) is 0 Å². The number of carbonyl (C=O) groups excluding carboxylic acids is 1. The van der Waals surface area contributed by atoms with E-state index in [4.69, 9.17) is 23.2 Å². The molecule has 15 heavy (non-hydrogen) atoms. The quantitative estimate of drug-likeness (QED) is 0.750. The number of hydrogen-bond donors (Lipinski definition) is 0. The highest BCUT2D eigenvalue weighted by Crippen LogP contribution is 2.53. The third kappa shape index (κ3) is 2.32. The summed E-state index contributed by atoms with van der Waals surface area (Å²) < 4.78 is 12.3. The largest absolute Gasteiger partial charge is 0.299 e. The number of carbonyl (C=O) groups is 1. The summed E-state index contributed by atoms with van der Waals surface area (Å²) in [6, 6.07) is 6.23. The molecule has 1 nitrogen and oxygen atoms in total. The Kier molecular flexibility index (Phi) is 2.73. The molecule has 0 saturated heterocycles. The molecule has 1 saturated carbocycles. The zero-order valence-corrected chi connectivity index (χ0v) is 9.35. The lowest BCUT2D eigenvalue weighted by Gasteiger charge is -2.02. The van der Waals surface area contributed by atoms with Gasteiger partial charge < -0.3 is 0 Å². The Morgan fingerprint density at radius 3 is 2.60 bits per heavy atom. The Morgan fingerprint density at radius 1 is 1.47 bits per heavy atom. The Hall–Kier alpha value is -0.600. The smallest absolute Gasteiger partial charge is 0.143 e. The molecule has 1 atom stereocenters. The van der Waals surface area contributed by atoms with Gasteiger partial charge in [-0.25, -0.2) is 4.39 Å². The number of benzene rings is 1. The maximum absolute atomic E-state index is 13.2. The van der Waals surface area contributed by atoms with Gasteiger partial charge in [0.25, 0.3) is 0 Å². The average Bonchev–Trinajstić information content (AvgIpc) is 2.79. The van der Waals surface area contributed by atoms with Crippen LogP contribution in [0.25, 0.3) is 0 Å². The number of ketones is 1. The van der Waals surface area contributed by atoms with Crippen LogP contribution in [0.3, 0.4) is 0 Å². The van der Waals surface area contributed by atoms with Crippen molar-refractivity contribution in [3.8, 4) is 0 Å². The van der Waals surface area contributed by atoms with E-state index < -0.39 is 4.33 Å². The summed E-state index contributed by atoms with van der Waals surface area (Å²) >= 11 is 11.5. The molecule has 4 heteroatoms. The van der Waals surface area contributed by atoms with Gasteiger partial charge in [-0.05, 0) is 18.1 Å². The molecule has 1 aromatic carbocycles. The minimum Gasteiger partial charge on any atom is -0.299 e. The van der Waals surface area contributed by atoms with Gasteiger partial charge in [0.1, 0.15) is 15.9 Å². The number of hydrogen-bond acceptors (Lipinski definition) is 1. The molecule has 0 N–H and O–H groups in total. The van der Waals surface area contributed by atoms with Crippen LogP contribution in [0.15, 0.2) is 24.3 Å². The summed E-state index contributed by atoms with van der Waals surface area (Å²) in [4.78, 5) is 11.6. The second-order valence-electron chi connectivity index (χ2n) is 3.75. The standard InChI is InChI=1S/C11H9Cl2FO/c12-11(13)6-8(11)10(15)5-7-3-1-2-4-9(7)14/h1-4,8H,5-6H2.